The lowest BCUT2D eigenvalue weighted by Crippen LogP contribution is -2.35. The number of ketones is 1. The van der Waals surface area contributed by atoms with Crippen LogP contribution in [0.2, 0.25) is 0 Å². The van der Waals surface area contributed by atoms with E-state index in [1.807, 2.05) is 0 Å². The highest BCUT2D eigenvalue weighted by Gasteiger charge is 2.45. The average Bonchev–Trinajstić information content (AvgIpc) is 3.08. The van der Waals surface area contributed by atoms with Crippen molar-refractivity contribution < 1.29 is 30.9 Å². The number of thiol groups is 1. The number of fused-ring (bicyclic) bond motifs is 2. The second kappa shape index (κ2) is 7.53. The summed E-state index contributed by atoms with van der Waals surface area (Å²) in [6.07, 6.45) is 9.95. The number of rotatable bonds is 2. The van der Waals surface area contributed by atoms with Crippen LogP contribution in [0.4, 0.5) is 13.2 Å². The average molecular weight is 388 g/mol. The van der Waals surface area contributed by atoms with Gasteiger partial charge in [-0.3, -0.25) is 9.35 Å². The van der Waals surface area contributed by atoms with E-state index in [-0.39, 0.29) is 0 Å². The fourth-order valence-corrected chi connectivity index (χ4v) is 5.06. The van der Waals surface area contributed by atoms with Crippen LogP contribution in [0, 0.1) is 23.7 Å². The number of carbonyl (C=O) groups excluding carboxylic acids is 1. The van der Waals surface area contributed by atoms with Gasteiger partial charge in [-0.05, 0) is 49.9 Å². The number of hydrogen-bond acceptors (Lipinski definition) is 4. The van der Waals surface area contributed by atoms with Crippen LogP contribution in [0.1, 0.15) is 51.4 Å². The Bertz CT molecular complexity index is 562. The summed E-state index contributed by atoms with van der Waals surface area (Å²) in [6.45, 7) is 0. The first-order valence-corrected chi connectivity index (χ1v) is 10.2. The monoisotopic (exact) mass is 388 g/mol. The molecule has 0 aliphatic heterocycles. The molecule has 3 rings (SSSR count). The van der Waals surface area contributed by atoms with Crippen molar-refractivity contribution in [1.29, 1.82) is 0 Å². The van der Waals surface area contributed by atoms with Gasteiger partial charge in [-0.25, -0.2) is 0 Å². The molecule has 3 fully saturated rings. The molecule has 24 heavy (non-hydrogen) atoms. The van der Waals surface area contributed by atoms with E-state index in [0.717, 1.165) is 37.0 Å². The summed E-state index contributed by atoms with van der Waals surface area (Å²) in [6, 6.07) is 0. The highest BCUT2D eigenvalue weighted by atomic mass is 32.2. The molecule has 3 saturated carbocycles. The maximum atomic E-state index is 11.9. The predicted molar refractivity (Wildman–Crippen MR) is 86.3 cm³/mol. The molecule has 3 aliphatic rings. The van der Waals surface area contributed by atoms with Crippen molar-refractivity contribution in [3.05, 3.63) is 0 Å². The van der Waals surface area contributed by atoms with Crippen molar-refractivity contribution in [3.63, 3.8) is 0 Å². The highest BCUT2D eigenvalue weighted by Crippen LogP contribution is 2.52. The van der Waals surface area contributed by atoms with E-state index < -0.39 is 15.6 Å². The number of hydrogen-bond donors (Lipinski definition) is 2. The third-order valence-corrected chi connectivity index (χ3v) is 6.87. The maximum absolute atomic E-state index is 11.9. The van der Waals surface area contributed by atoms with Crippen molar-refractivity contribution in [3.8, 4) is 0 Å². The largest absolute Gasteiger partial charge is 0.522 e. The summed E-state index contributed by atoms with van der Waals surface area (Å²) >= 11 is 4.84. The van der Waals surface area contributed by atoms with Crippen LogP contribution in [0.25, 0.3) is 0 Å². The topological polar surface area (TPSA) is 71.4 Å². The third-order valence-electron chi connectivity index (χ3n) is 5.54. The molecule has 0 spiro atoms. The van der Waals surface area contributed by atoms with E-state index in [1.165, 1.54) is 32.1 Å². The van der Waals surface area contributed by atoms with Gasteiger partial charge in [0.05, 0.1) is 0 Å². The summed E-state index contributed by atoms with van der Waals surface area (Å²) < 4.78 is 57.5. The number of halogens is 3. The molecule has 0 aromatic heterocycles. The van der Waals surface area contributed by atoms with Crippen LogP contribution >= 0.6 is 12.6 Å². The van der Waals surface area contributed by atoms with Crippen molar-refractivity contribution in [2.45, 2.75) is 62.1 Å². The van der Waals surface area contributed by atoms with E-state index in [0.29, 0.717) is 17.0 Å². The molecule has 0 amide bonds. The van der Waals surface area contributed by atoms with E-state index in [2.05, 4.69) is 0 Å². The lowest BCUT2D eigenvalue weighted by molar-refractivity contribution is -0.125. The molecule has 0 aromatic rings. The third kappa shape index (κ3) is 4.66. The molecule has 3 aliphatic carbocycles. The Hall–Kier alpha value is -0.280. The Morgan fingerprint density at radius 3 is 2.17 bits per heavy atom. The van der Waals surface area contributed by atoms with Gasteiger partial charge in [0.1, 0.15) is 5.78 Å². The summed E-state index contributed by atoms with van der Waals surface area (Å²) in [4.78, 5) is 11.9. The Balaban J connectivity index is 0.000000224. The first-order chi connectivity index (χ1) is 11.0. The second-order valence-electron chi connectivity index (χ2n) is 7.07. The Morgan fingerprint density at radius 1 is 1.12 bits per heavy atom. The van der Waals surface area contributed by atoms with Gasteiger partial charge in [-0.2, -0.15) is 34.2 Å². The zero-order valence-corrected chi connectivity index (χ0v) is 14.9. The molecule has 0 aromatic carbocycles. The molecule has 0 radical (unpaired) electrons. The van der Waals surface area contributed by atoms with E-state index in [1.54, 1.807) is 0 Å². The van der Waals surface area contributed by atoms with Gasteiger partial charge in [0.2, 0.25) is 0 Å². The molecular weight excluding hydrogens is 365 g/mol. The van der Waals surface area contributed by atoms with E-state index in [4.69, 9.17) is 25.6 Å². The van der Waals surface area contributed by atoms with Crippen LogP contribution in [0.15, 0.2) is 0 Å². The zero-order valence-electron chi connectivity index (χ0n) is 13.2. The van der Waals surface area contributed by atoms with Crippen LogP contribution in [0.5, 0.6) is 0 Å². The minimum absolute atomic E-state index is 0.293. The Labute approximate surface area is 145 Å². The molecule has 2 bridgehead atoms. The van der Waals surface area contributed by atoms with E-state index >= 15 is 0 Å². The summed E-state index contributed by atoms with van der Waals surface area (Å²) in [5.41, 5.74) is -5.53. The minimum Gasteiger partial charge on any atom is -0.299 e. The van der Waals surface area contributed by atoms with Gasteiger partial charge in [-0.15, -0.1) is 0 Å². The molecule has 5 unspecified atom stereocenters. The number of Topliss-reactive ketones (excluding diaryl/α,β-unsaturated/α-hetero) is 1. The van der Waals surface area contributed by atoms with E-state index in [9.17, 15) is 18.0 Å². The molecule has 9 heteroatoms. The summed E-state index contributed by atoms with van der Waals surface area (Å²) in [5, 5.41) is 0.378. The first kappa shape index (κ1) is 20.0. The summed E-state index contributed by atoms with van der Waals surface area (Å²) in [5.74, 6) is 3.44. The van der Waals surface area contributed by atoms with Gasteiger partial charge in [0.25, 0.3) is 0 Å². The Kier molecular flexibility index (Phi) is 6.29. The molecule has 140 valence electrons. The molecule has 4 nitrogen and oxygen atoms in total. The van der Waals surface area contributed by atoms with Gasteiger partial charge < -0.3 is 0 Å². The van der Waals surface area contributed by atoms with Crippen molar-refractivity contribution >= 4 is 28.5 Å². The lowest BCUT2D eigenvalue weighted by Gasteiger charge is -2.34. The summed E-state index contributed by atoms with van der Waals surface area (Å²) in [7, 11) is -5.84. The van der Waals surface area contributed by atoms with Crippen molar-refractivity contribution in [1.82, 2.24) is 0 Å². The molecule has 0 heterocycles. The fraction of sp³-hybridized carbons (Fsp3) is 0.933. The van der Waals surface area contributed by atoms with Gasteiger partial charge in [-0.1, -0.05) is 12.8 Å². The SMILES string of the molecule is O=C1CCCCC1C(S)C1CC2CCC1C2.O=S(=O)(O)C(F)(F)F. The standard InChI is InChI=1S/C14H22OS.CHF3O3S/c15-13-4-2-1-3-11(13)14(16)12-8-9-5-6-10(12)7-9;2-1(3,4)8(5,6)7/h9-12,14,16H,1-8H2;(H,5,6,7). The van der Waals surface area contributed by atoms with Crippen LogP contribution in [-0.4, -0.2) is 29.5 Å². The van der Waals surface area contributed by atoms with Crippen molar-refractivity contribution in [2.24, 2.45) is 23.7 Å². The zero-order chi connectivity index (χ0) is 18.1. The van der Waals surface area contributed by atoms with Crippen LogP contribution in [0.3, 0.4) is 0 Å². The van der Waals surface area contributed by atoms with Gasteiger partial charge in [0.15, 0.2) is 0 Å². The highest BCUT2D eigenvalue weighted by molar-refractivity contribution is 7.86. The number of carbonyl (C=O) groups is 1. The maximum Gasteiger partial charge on any atom is 0.522 e. The fourth-order valence-electron chi connectivity index (χ4n) is 4.38. The van der Waals surface area contributed by atoms with Gasteiger partial charge >= 0.3 is 15.6 Å². The van der Waals surface area contributed by atoms with Gasteiger partial charge in [0, 0.05) is 17.6 Å². The predicted octanol–water partition coefficient (Wildman–Crippen LogP) is 3.87. The molecule has 1 N–H and O–H groups in total. The molecule has 0 saturated heterocycles. The first-order valence-electron chi connectivity index (χ1n) is 8.25. The van der Waals surface area contributed by atoms with Crippen LogP contribution < -0.4 is 0 Å². The molecule has 5 atom stereocenters. The normalized spacial score (nSPS) is 34.6. The molecular formula is C15H23F3O4S2. The minimum atomic E-state index is -5.84. The second-order valence-corrected chi connectivity index (χ2v) is 9.08. The van der Waals surface area contributed by atoms with Crippen molar-refractivity contribution in [2.75, 3.05) is 0 Å². The quantitative estimate of drug-likeness (QED) is 0.428. The number of alkyl halides is 3. The smallest absolute Gasteiger partial charge is 0.299 e. The van der Waals surface area contributed by atoms with Crippen LogP contribution in [-0.2, 0) is 14.9 Å². The lowest BCUT2D eigenvalue weighted by atomic mass is 9.76. The Morgan fingerprint density at radius 2 is 1.75 bits per heavy atom.